The van der Waals surface area contributed by atoms with Gasteiger partial charge in [-0.2, -0.15) is 4.98 Å². The van der Waals surface area contributed by atoms with E-state index in [2.05, 4.69) is 15.5 Å². The predicted octanol–water partition coefficient (Wildman–Crippen LogP) is 5.40. The summed E-state index contributed by atoms with van der Waals surface area (Å²) in [5.74, 6) is 0.132. The fourth-order valence-electron chi connectivity index (χ4n) is 4.78. The first-order valence-electron chi connectivity index (χ1n) is 12.3. The molecule has 2 amide bonds. The smallest absolute Gasteiger partial charge is 0.256 e. The molecule has 0 spiro atoms. The number of carbonyl (C=O) groups is 2. The van der Waals surface area contributed by atoms with Crippen molar-refractivity contribution in [2.24, 2.45) is 5.92 Å². The van der Waals surface area contributed by atoms with Crippen LogP contribution in [0.3, 0.4) is 0 Å². The minimum Gasteiger partial charge on any atom is -0.339 e. The van der Waals surface area contributed by atoms with Crippen molar-refractivity contribution >= 4 is 28.3 Å². The number of likely N-dealkylation sites (tertiary alicyclic amines) is 1. The van der Waals surface area contributed by atoms with Gasteiger partial charge in [0.25, 0.3) is 5.91 Å². The number of nitrogens with one attached hydrogen (secondary N) is 1. The topological polar surface area (TPSA) is 88.3 Å². The number of rotatable bonds is 5. The van der Waals surface area contributed by atoms with E-state index in [-0.39, 0.29) is 29.5 Å². The first kappa shape index (κ1) is 22.4. The molecule has 3 aromatic carbocycles. The normalized spacial score (nSPS) is 17.8. The molecule has 1 N–H and O–H groups in total. The molecule has 1 unspecified atom stereocenters. The largest absolute Gasteiger partial charge is 0.339 e. The zero-order valence-electron chi connectivity index (χ0n) is 19.6. The number of aromatic nitrogens is 2. The molecule has 2 heterocycles. The highest BCUT2D eigenvalue weighted by atomic mass is 19.1. The SMILES string of the molecule is O=C(Nc1cc2ccccc2cc1C(=O)N1CCCC(c2nc(-c3cccc(F)c3)no2)C1)C1CC1. The van der Waals surface area contributed by atoms with Crippen LogP contribution >= 0.6 is 0 Å². The number of fused-ring (bicyclic) bond motifs is 1. The van der Waals surface area contributed by atoms with E-state index in [1.165, 1.54) is 12.1 Å². The minimum atomic E-state index is -0.367. The van der Waals surface area contributed by atoms with Gasteiger partial charge in [0.1, 0.15) is 5.82 Å². The Balaban J connectivity index is 1.26. The maximum Gasteiger partial charge on any atom is 0.256 e. The molecule has 1 aromatic heterocycles. The number of nitrogens with zero attached hydrogens (tertiary/aromatic N) is 3. The van der Waals surface area contributed by atoms with E-state index in [1.807, 2.05) is 36.4 Å². The number of hydrogen-bond acceptors (Lipinski definition) is 5. The van der Waals surface area contributed by atoms with Gasteiger partial charge in [-0.3, -0.25) is 9.59 Å². The Hall–Kier alpha value is -4.07. The van der Waals surface area contributed by atoms with Crippen molar-refractivity contribution in [1.29, 1.82) is 0 Å². The summed E-state index contributed by atoms with van der Waals surface area (Å²) in [6, 6.07) is 17.6. The molecular weight excluding hydrogens is 459 g/mol. The van der Waals surface area contributed by atoms with Crippen molar-refractivity contribution in [3.63, 3.8) is 0 Å². The van der Waals surface area contributed by atoms with E-state index in [1.54, 1.807) is 17.0 Å². The lowest BCUT2D eigenvalue weighted by molar-refractivity contribution is -0.117. The van der Waals surface area contributed by atoms with Gasteiger partial charge in [-0.25, -0.2) is 4.39 Å². The molecule has 0 bridgehead atoms. The van der Waals surface area contributed by atoms with E-state index in [0.29, 0.717) is 41.6 Å². The van der Waals surface area contributed by atoms with Gasteiger partial charge in [0.05, 0.1) is 17.2 Å². The number of halogens is 1. The molecule has 1 atom stereocenters. The second-order valence-electron chi connectivity index (χ2n) is 9.57. The maximum atomic E-state index is 13.7. The van der Waals surface area contributed by atoms with Crippen molar-refractivity contribution < 1.29 is 18.5 Å². The zero-order chi connectivity index (χ0) is 24.6. The highest BCUT2D eigenvalue weighted by Crippen LogP contribution is 2.34. The van der Waals surface area contributed by atoms with Gasteiger partial charge >= 0.3 is 0 Å². The molecule has 0 radical (unpaired) electrons. The first-order valence-corrected chi connectivity index (χ1v) is 12.3. The standard InChI is InChI=1S/C28H25FN4O3/c29-22-9-3-7-20(13-22)25-31-27(36-32-25)21-8-4-12-33(16-21)28(35)23-14-18-5-1-2-6-19(18)15-24(23)30-26(34)17-10-11-17/h1-3,5-7,9,13-15,17,21H,4,8,10-12,16H2,(H,30,34). The van der Waals surface area contributed by atoms with Crippen LogP contribution in [0.1, 0.15) is 47.8 Å². The third-order valence-electron chi connectivity index (χ3n) is 6.90. The van der Waals surface area contributed by atoms with Gasteiger partial charge < -0.3 is 14.7 Å². The van der Waals surface area contributed by atoms with Crippen LogP contribution in [0.15, 0.2) is 65.2 Å². The minimum absolute atomic E-state index is 0.0311. The lowest BCUT2D eigenvalue weighted by atomic mass is 9.96. The van der Waals surface area contributed by atoms with E-state index < -0.39 is 0 Å². The van der Waals surface area contributed by atoms with Crippen LogP contribution in [-0.2, 0) is 4.79 Å². The van der Waals surface area contributed by atoms with E-state index >= 15 is 0 Å². The van der Waals surface area contributed by atoms with Crippen LogP contribution in [-0.4, -0.2) is 39.9 Å². The Bertz CT molecular complexity index is 1460. The van der Waals surface area contributed by atoms with Gasteiger partial charge in [-0.05, 0) is 60.7 Å². The number of benzene rings is 3. The number of carbonyl (C=O) groups excluding carboxylic acids is 2. The average Bonchev–Trinajstić information content (AvgIpc) is 3.64. The number of piperidine rings is 1. The number of amides is 2. The molecule has 1 aliphatic carbocycles. The Morgan fingerprint density at radius 1 is 1.00 bits per heavy atom. The summed E-state index contributed by atoms with van der Waals surface area (Å²) in [6.07, 6.45) is 3.36. The van der Waals surface area contributed by atoms with Gasteiger partial charge in [0.15, 0.2) is 0 Å². The quantitative estimate of drug-likeness (QED) is 0.410. The zero-order valence-corrected chi connectivity index (χ0v) is 19.6. The summed E-state index contributed by atoms with van der Waals surface area (Å²) in [7, 11) is 0. The maximum absolute atomic E-state index is 13.7. The lowest BCUT2D eigenvalue weighted by Gasteiger charge is -2.31. The van der Waals surface area contributed by atoms with Crippen LogP contribution in [0.5, 0.6) is 0 Å². The molecule has 8 heteroatoms. The van der Waals surface area contributed by atoms with Crippen LogP contribution < -0.4 is 5.32 Å². The van der Waals surface area contributed by atoms with Crippen LogP contribution in [0.2, 0.25) is 0 Å². The first-order chi connectivity index (χ1) is 17.5. The molecule has 2 aliphatic rings. The summed E-state index contributed by atoms with van der Waals surface area (Å²) < 4.78 is 19.1. The summed E-state index contributed by atoms with van der Waals surface area (Å²) in [5.41, 5.74) is 1.57. The molecule has 1 saturated heterocycles. The molecule has 2 fully saturated rings. The Morgan fingerprint density at radius 2 is 1.81 bits per heavy atom. The monoisotopic (exact) mass is 484 g/mol. The number of anilines is 1. The predicted molar refractivity (Wildman–Crippen MR) is 133 cm³/mol. The van der Waals surface area contributed by atoms with E-state index in [9.17, 15) is 14.0 Å². The molecule has 182 valence electrons. The van der Waals surface area contributed by atoms with E-state index in [0.717, 1.165) is 36.5 Å². The van der Waals surface area contributed by atoms with Gasteiger partial charge in [-0.15, -0.1) is 0 Å². The molecule has 1 saturated carbocycles. The molecule has 7 nitrogen and oxygen atoms in total. The number of hydrogen-bond donors (Lipinski definition) is 1. The van der Waals surface area contributed by atoms with Crippen LogP contribution in [0.4, 0.5) is 10.1 Å². The summed E-state index contributed by atoms with van der Waals surface area (Å²) in [6.45, 7) is 1.02. The highest BCUT2D eigenvalue weighted by molar-refractivity contribution is 6.08. The van der Waals surface area contributed by atoms with Crippen molar-refractivity contribution in [3.05, 3.63) is 77.9 Å². The van der Waals surface area contributed by atoms with Crippen molar-refractivity contribution in [1.82, 2.24) is 15.0 Å². The fraction of sp³-hybridized carbons (Fsp3) is 0.286. The summed E-state index contributed by atoms with van der Waals surface area (Å²) >= 11 is 0. The molecular formula is C28H25FN4O3. The fourth-order valence-corrected chi connectivity index (χ4v) is 4.78. The summed E-state index contributed by atoms with van der Waals surface area (Å²) in [4.78, 5) is 32.6. The van der Waals surface area contributed by atoms with Gasteiger partial charge in [0.2, 0.25) is 17.6 Å². The third kappa shape index (κ3) is 4.46. The molecule has 6 rings (SSSR count). The van der Waals surface area contributed by atoms with Crippen molar-refractivity contribution in [2.45, 2.75) is 31.6 Å². The Kier molecular flexibility index (Phi) is 5.71. The average molecular weight is 485 g/mol. The molecule has 4 aromatic rings. The Labute approximate surface area is 207 Å². The van der Waals surface area contributed by atoms with Crippen molar-refractivity contribution in [3.8, 4) is 11.4 Å². The van der Waals surface area contributed by atoms with Crippen molar-refractivity contribution in [2.75, 3.05) is 18.4 Å². The highest BCUT2D eigenvalue weighted by Gasteiger charge is 2.33. The molecule has 36 heavy (non-hydrogen) atoms. The molecule has 1 aliphatic heterocycles. The van der Waals surface area contributed by atoms with Gasteiger partial charge in [-0.1, -0.05) is 41.6 Å². The second kappa shape index (κ2) is 9.18. The second-order valence-corrected chi connectivity index (χ2v) is 9.57. The van der Waals surface area contributed by atoms with Crippen LogP contribution in [0, 0.1) is 11.7 Å². The lowest BCUT2D eigenvalue weighted by Crippen LogP contribution is -2.39. The summed E-state index contributed by atoms with van der Waals surface area (Å²) in [5, 5.41) is 8.93. The van der Waals surface area contributed by atoms with Crippen LogP contribution in [0.25, 0.3) is 22.2 Å². The Morgan fingerprint density at radius 3 is 2.58 bits per heavy atom. The van der Waals surface area contributed by atoms with Gasteiger partial charge in [0, 0.05) is 24.6 Å². The van der Waals surface area contributed by atoms with E-state index in [4.69, 9.17) is 4.52 Å². The third-order valence-corrected chi connectivity index (χ3v) is 6.90.